The van der Waals surface area contributed by atoms with E-state index in [9.17, 15) is 9.59 Å². The zero-order valence-electron chi connectivity index (χ0n) is 10.1. The van der Waals surface area contributed by atoms with E-state index in [2.05, 4.69) is 10.1 Å². The summed E-state index contributed by atoms with van der Waals surface area (Å²) in [6.45, 7) is 1.55. The summed E-state index contributed by atoms with van der Waals surface area (Å²) in [5, 5.41) is 3.08. The van der Waals surface area contributed by atoms with Crippen molar-refractivity contribution in [3.63, 3.8) is 0 Å². The van der Waals surface area contributed by atoms with Crippen LogP contribution >= 0.6 is 11.6 Å². The number of esters is 1. The van der Waals surface area contributed by atoms with Gasteiger partial charge in [0.25, 0.3) is 0 Å². The Kier molecular flexibility index (Phi) is 5.39. The summed E-state index contributed by atoms with van der Waals surface area (Å²) in [5.74, 6) is -0.854. The topological polar surface area (TPSA) is 55.4 Å². The second-order valence-corrected chi connectivity index (χ2v) is 4.08. The van der Waals surface area contributed by atoms with Crippen LogP contribution in [-0.4, -0.2) is 25.0 Å². The van der Waals surface area contributed by atoms with E-state index in [1.54, 1.807) is 31.2 Å². The maximum Gasteiger partial charge on any atom is 0.328 e. The fraction of sp³-hybridized carbons (Fsp3) is 0.231. The second kappa shape index (κ2) is 6.81. The summed E-state index contributed by atoms with van der Waals surface area (Å²) in [7, 11) is 1.27. The van der Waals surface area contributed by atoms with E-state index in [1.165, 1.54) is 13.2 Å². The predicted molar refractivity (Wildman–Crippen MR) is 70.1 cm³/mol. The normalized spacial score (nSPS) is 12.2. The molecule has 0 aliphatic rings. The maximum atomic E-state index is 11.5. The van der Waals surface area contributed by atoms with Crippen molar-refractivity contribution in [2.75, 3.05) is 7.11 Å². The third-order valence-electron chi connectivity index (χ3n) is 2.19. The van der Waals surface area contributed by atoms with Gasteiger partial charge in [-0.25, -0.2) is 4.79 Å². The minimum Gasteiger partial charge on any atom is -0.467 e. The van der Waals surface area contributed by atoms with Crippen LogP contribution in [0.1, 0.15) is 12.5 Å². The Balaban J connectivity index is 2.57. The Morgan fingerprint density at radius 2 is 2.17 bits per heavy atom. The number of ether oxygens (including phenoxy) is 1. The van der Waals surface area contributed by atoms with Crippen LogP contribution in [0, 0.1) is 0 Å². The standard InChI is InChI=1S/C13H14ClNO3/c1-9(13(17)18-2)15-12(16)7-6-10-4-3-5-11(14)8-10/h3-9H,1-2H3,(H,15,16). The lowest BCUT2D eigenvalue weighted by atomic mass is 10.2. The third-order valence-corrected chi connectivity index (χ3v) is 2.42. The van der Waals surface area contributed by atoms with Crippen molar-refractivity contribution >= 4 is 29.6 Å². The van der Waals surface area contributed by atoms with Gasteiger partial charge in [0.1, 0.15) is 6.04 Å². The van der Waals surface area contributed by atoms with Crippen LogP contribution in [0.3, 0.4) is 0 Å². The summed E-state index contributed by atoms with van der Waals surface area (Å²) in [4.78, 5) is 22.6. The average Bonchev–Trinajstić information content (AvgIpc) is 2.35. The highest BCUT2D eigenvalue weighted by molar-refractivity contribution is 6.30. The van der Waals surface area contributed by atoms with E-state index in [-0.39, 0.29) is 5.91 Å². The average molecular weight is 268 g/mol. The summed E-state index contributed by atoms with van der Waals surface area (Å²) >= 11 is 5.81. The van der Waals surface area contributed by atoms with Crippen molar-refractivity contribution in [3.05, 3.63) is 40.9 Å². The van der Waals surface area contributed by atoms with Crippen molar-refractivity contribution in [3.8, 4) is 0 Å². The molecule has 0 aromatic heterocycles. The number of amides is 1. The number of carbonyl (C=O) groups is 2. The van der Waals surface area contributed by atoms with Gasteiger partial charge < -0.3 is 10.1 Å². The molecule has 0 fully saturated rings. The molecule has 1 aromatic carbocycles. The van der Waals surface area contributed by atoms with Crippen LogP contribution in [0.4, 0.5) is 0 Å². The van der Waals surface area contributed by atoms with E-state index >= 15 is 0 Å². The van der Waals surface area contributed by atoms with Crippen molar-refractivity contribution in [2.45, 2.75) is 13.0 Å². The molecule has 96 valence electrons. The highest BCUT2D eigenvalue weighted by Crippen LogP contribution is 2.11. The maximum absolute atomic E-state index is 11.5. The van der Waals surface area contributed by atoms with Gasteiger partial charge in [-0.05, 0) is 30.7 Å². The monoisotopic (exact) mass is 267 g/mol. The molecule has 1 unspecified atom stereocenters. The number of hydrogen-bond acceptors (Lipinski definition) is 3. The number of hydrogen-bond donors (Lipinski definition) is 1. The lowest BCUT2D eigenvalue weighted by molar-refractivity contribution is -0.144. The molecular weight excluding hydrogens is 254 g/mol. The van der Waals surface area contributed by atoms with Gasteiger partial charge in [-0.15, -0.1) is 0 Å². The highest BCUT2D eigenvalue weighted by Gasteiger charge is 2.13. The Bertz CT molecular complexity index is 471. The molecule has 0 saturated carbocycles. The fourth-order valence-electron chi connectivity index (χ4n) is 1.28. The number of nitrogens with one attached hydrogen (secondary N) is 1. The molecule has 1 aromatic rings. The fourth-order valence-corrected chi connectivity index (χ4v) is 1.48. The number of benzene rings is 1. The van der Waals surface area contributed by atoms with E-state index < -0.39 is 12.0 Å². The van der Waals surface area contributed by atoms with Gasteiger partial charge in [0, 0.05) is 11.1 Å². The molecule has 0 aliphatic heterocycles. The lowest BCUT2D eigenvalue weighted by Gasteiger charge is -2.09. The van der Waals surface area contributed by atoms with Crippen molar-refractivity contribution in [2.24, 2.45) is 0 Å². The zero-order chi connectivity index (χ0) is 13.5. The largest absolute Gasteiger partial charge is 0.467 e. The summed E-state index contributed by atoms with van der Waals surface area (Å²) < 4.78 is 4.50. The predicted octanol–water partition coefficient (Wildman–Crippen LogP) is 2.03. The molecule has 1 N–H and O–H groups in total. The van der Waals surface area contributed by atoms with E-state index in [0.717, 1.165) is 5.56 Å². The van der Waals surface area contributed by atoms with Gasteiger partial charge >= 0.3 is 5.97 Å². The quantitative estimate of drug-likeness (QED) is 0.671. The van der Waals surface area contributed by atoms with Crippen LogP contribution in [0.2, 0.25) is 5.02 Å². The van der Waals surface area contributed by atoms with Crippen LogP contribution in [-0.2, 0) is 14.3 Å². The molecule has 1 rings (SSSR count). The van der Waals surface area contributed by atoms with Gasteiger partial charge in [-0.2, -0.15) is 0 Å². The molecule has 5 heteroatoms. The molecule has 4 nitrogen and oxygen atoms in total. The Hall–Kier alpha value is -1.81. The van der Waals surface area contributed by atoms with Gasteiger partial charge in [0.15, 0.2) is 0 Å². The number of carbonyl (C=O) groups excluding carboxylic acids is 2. The molecule has 0 bridgehead atoms. The summed E-state index contributed by atoms with van der Waals surface area (Å²) in [6, 6.07) is 6.41. The highest BCUT2D eigenvalue weighted by atomic mass is 35.5. The molecular formula is C13H14ClNO3. The molecule has 0 saturated heterocycles. The van der Waals surface area contributed by atoms with E-state index in [1.807, 2.05) is 6.07 Å². The first-order valence-electron chi connectivity index (χ1n) is 5.35. The van der Waals surface area contributed by atoms with Crippen molar-refractivity contribution in [1.29, 1.82) is 0 Å². The van der Waals surface area contributed by atoms with Gasteiger partial charge in [-0.3, -0.25) is 4.79 Å². The minimum atomic E-state index is -0.675. The van der Waals surface area contributed by atoms with Crippen LogP contribution in [0.25, 0.3) is 6.08 Å². The molecule has 1 atom stereocenters. The molecule has 1 amide bonds. The Morgan fingerprint density at radius 3 is 2.78 bits per heavy atom. The van der Waals surface area contributed by atoms with Crippen molar-refractivity contribution in [1.82, 2.24) is 5.32 Å². The molecule has 18 heavy (non-hydrogen) atoms. The summed E-state index contributed by atoms with van der Waals surface area (Å²) in [5.41, 5.74) is 0.809. The summed E-state index contributed by atoms with van der Waals surface area (Å²) in [6.07, 6.45) is 2.95. The Morgan fingerprint density at radius 1 is 1.44 bits per heavy atom. The molecule has 0 radical (unpaired) electrons. The molecule has 0 aliphatic carbocycles. The first-order chi connectivity index (χ1) is 8.52. The van der Waals surface area contributed by atoms with Gasteiger partial charge in [0.2, 0.25) is 5.91 Å². The van der Waals surface area contributed by atoms with Crippen LogP contribution in [0.15, 0.2) is 30.3 Å². The van der Waals surface area contributed by atoms with Crippen molar-refractivity contribution < 1.29 is 14.3 Å². The lowest BCUT2D eigenvalue weighted by Crippen LogP contribution is -2.38. The van der Waals surface area contributed by atoms with Gasteiger partial charge in [-0.1, -0.05) is 23.7 Å². The first kappa shape index (κ1) is 14.3. The molecule has 0 spiro atoms. The number of rotatable bonds is 4. The van der Waals surface area contributed by atoms with Gasteiger partial charge in [0.05, 0.1) is 7.11 Å². The SMILES string of the molecule is COC(=O)C(C)NC(=O)C=Cc1cccc(Cl)c1. The van der Waals surface area contributed by atoms with Crippen LogP contribution in [0.5, 0.6) is 0 Å². The zero-order valence-corrected chi connectivity index (χ0v) is 10.9. The molecule has 0 heterocycles. The third kappa shape index (κ3) is 4.59. The first-order valence-corrected chi connectivity index (χ1v) is 5.72. The second-order valence-electron chi connectivity index (χ2n) is 3.64. The van der Waals surface area contributed by atoms with E-state index in [4.69, 9.17) is 11.6 Å². The van der Waals surface area contributed by atoms with E-state index in [0.29, 0.717) is 5.02 Å². The smallest absolute Gasteiger partial charge is 0.328 e. The minimum absolute atomic E-state index is 0.368. The number of methoxy groups -OCH3 is 1. The van der Waals surface area contributed by atoms with Crippen LogP contribution < -0.4 is 5.32 Å². The Labute approximate surface area is 111 Å². The number of halogens is 1.